The number of methoxy groups -OCH3 is 1. The summed E-state index contributed by atoms with van der Waals surface area (Å²) in [6.07, 6.45) is -1.09. The Morgan fingerprint density at radius 1 is 1.03 bits per heavy atom. The van der Waals surface area contributed by atoms with Crippen molar-refractivity contribution in [2.45, 2.75) is 11.0 Å². The van der Waals surface area contributed by atoms with Gasteiger partial charge in [-0.3, -0.25) is 18.8 Å². The van der Waals surface area contributed by atoms with E-state index in [1.54, 1.807) is 12.1 Å². The van der Waals surface area contributed by atoms with Crippen molar-refractivity contribution in [2.24, 2.45) is 0 Å². The largest absolute Gasteiger partial charge is 0.494 e. The van der Waals surface area contributed by atoms with Gasteiger partial charge >= 0.3 is 0 Å². The predicted molar refractivity (Wildman–Crippen MR) is 128 cm³/mol. The number of ether oxygens (including phenoxy) is 2. The molecule has 1 unspecified atom stereocenters. The summed E-state index contributed by atoms with van der Waals surface area (Å²) in [5, 5.41) is 0. The Morgan fingerprint density at radius 3 is 2.33 bits per heavy atom. The van der Waals surface area contributed by atoms with Crippen LogP contribution in [-0.2, 0) is 10.0 Å². The van der Waals surface area contributed by atoms with Crippen molar-refractivity contribution < 1.29 is 36.3 Å². The highest BCUT2D eigenvalue weighted by Crippen LogP contribution is 2.42. The summed E-state index contributed by atoms with van der Waals surface area (Å²) < 4.78 is 68.0. The third kappa shape index (κ3) is 3.90. The van der Waals surface area contributed by atoms with Crippen molar-refractivity contribution in [3.63, 3.8) is 0 Å². The molecule has 0 N–H and O–H groups in total. The number of carbonyl (C=O) groups is 2. The minimum Gasteiger partial charge on any atom is -0.494 e. The number of imide groups is 1. The van der Waals surface area contributed by atoms with E-state index < -0.39 is 39.6 Å². The molecule has 2 heterocycles. The second-order valence-corrected chi connectivity index (χ2v) is 10.9. The number of hydrogen-bond acceptors (Lipinski definition) is 6. The fraction of sp³-hybridized carbons (Fsp3) is 0.167. The molecule has 3 aromatic rings. The maximum Gasteiger partial charge on any atom is 0.264 e. The molecule has 5 rings (SSSR count). The van der Waals surface area contributed by atoms with Gasteiger partial charge in [-0.25, -0.2) is 17.2 Å². The summed E-state index contributed by atoms with van der Waals surface area (Å²) in [6.45, 7) is -0.668. The third-order valence-corrected chi connectivity index (χ3v) is 8.12. The first-order chi connectivity index (χ1) is 17.1. The zero-order valence-corrected chi connectivity index (χ0v) is 21.0. The van der Waals surface area contributed by atoms with E-state index in [9.17, 15) is 26.8 Å². The van der Waals surface area contributed by atoms with Crippen molar-refractivity contribution in [1.82, 2.24) is 4.90 Å². The molecule has 0 aromatic heterocycles. The number of nitrogens with zero attached hydrogens (tertiary/aromatic N) is 2. The molecule has 0 aliphatic carbocycles. The standard InChI is InChI=1S/C24H17BrF2N2O6S/c1-34-21-10-15(6-7-18(21)26)36(32,33)29-12-14(35-22-19(27)8-13(25)9-20(22)29)11-28-23(30)16-4-2-3-5-17(16)24(28)31/h2-10,14H,11-12H2,1H3. The van der Waals surface area contributed by atoms with Crippen LogP contribution in [-0.4, -0.2) is 51.4 Å². The van der Waals surface area contributed by atoms with Crippen molar-refractivity contribution in [2.75, 3.05) is 24.5 Å². The van der Waals surface area contributed by atoms with E-state index in [2.05, 4.69) is 15.9 Å². The van der Waals surface area contributed by atoms with E-state index in [1.165, 1.54) is 25.3 Å². The van der Waals surface area contributed by atoms with E-state index in [0.717, 1.165) is 33.5 Å². The van der Waals surface area contributed by atoms with Gasteiger partial charge in [0.1, 0.15) is 6.10 Å². The molecule has 12 heteroatoms. The molecular weight excluding hydrogens is 562 g/mol. The molecule has 3 aromatic carbocycles. The number of anilines is 1. The van der Waals surface area contributed by atoms with Gasteiger partial charge in [0.15, 0.2) is 23.1 Å². The summed E-state index contributed by atoms with van der Waals surface area (Å²) in [4.78, 5) is 26.3. The molecule has 0 spiro atoms. The number of hydrogen-bond donors (Lipinski definition) is 0. The van der Waals surface area contributed by atoms with Gasteiger partial charge < -0.3 is 9.47 Å². The Balaban J connectivity index is 1.54. The lowest BCUT2D eigenvalue weighted by molar-refractivity contribution is 0.0570. The quantitative estimate of drug-likeness (QED) is 0.425. The van der Waals surface area contributed by atoms with Crippen LogP contribution in [0.25, 0.3) is 0 Å². The maximum atomic E-state index is 14.9. The molecule has 186 valence electrons. The maximum absolute atomic E-state index is 14.9. The van der Waals surface area contributed by atoms with Crippen LogP contribution in [0.3, 0.4) is 0 Å². The Labute approximate surface area is 213 Å². The normalized spacial score (nSPS) is 17.1. The van der Waals surface area contributed by atoms with Crippen LogP contribution in [0.15, 0.2) is 64.0 Å². The van der Waals surface area contributed by atoms with Crippen molar-refractivity contribution in [1.29, 1.82) is 0 Å². The average Bonchev–Trinajstić information content (AvgIpc) is 3.09. The molecule has 0 bridgehead atoms. The van der Waals surface area contributed by atoms with Gasteiger partial charge in [0.05, 0.1) is 41.9 Å². The van der Waals surface area contributed by atoms with Crippen LogP contribution >= 0.6 is 15.9 Å². The first-order valence-electron chi connectivity index (χ1n) is 10.6. The summed E-state index contributed by atoms with van der Waals surface area (Å²) in [5.41, 5.74) is 0.345. The molecule has 2 aliphatic heterocycles. The van der Waals surface area contributed by atoms with E-state index in [0.29, 0.717) is 0 Å². The van der Waals surface area contributed by atoms with Gasteiger partial charge in [0.2, 0.25) is 0 Å². The van der Waals surface area contributed by atoms with Crippen LogP contribution < -0.4 is 13.8 Å². The molecule has 2 aliphatic rings. The Bertz CT molecular complexity index is 1500. The SMILES string of the molecule is COc1cc(S(=O)(=O)N2CC(CN3C(=O)c4ccccc4C3=O)Oc3c(F)cc(Br)cc32)ccc1F. The number of rotatable bonds is 5. The zero-order chi connectivity index (χ0) is 25.8. The molecule has 0 saturated heterocycles. The Hall–Kier alpha value is -3.51. The second-order valence-electron chi connectivity index (χ2n) is 8.07. The van der Waals surface area contributed by atoms with Crippen LogP contribution in [0.5, 0.6) is 11.5 Å². The van der Waals surface area contributed by atoms with Crippen LogP contribution in [0.2, 0.25) is 0 Å². The van der Waals surface area contributed by atoms with Crippen molar-refractivity contribution in [3.8, 4) is 11.5 Å². The molecule has 8 nitrogen and oxygen atoms in total. The second kappa shape index (κ2) is 8.86. The summed E-state index contributed by atoms with van der Waals surface area (Å²) in [5.74, 6) is -3.35. The number of carbonyl (C=O) groups excluding carboxylic acids is 2. The highest BCUT2D eigenvalue weighted by Gasteiger charge is 2.41. The smallest absolute Gasteiger partial charge is 0.264 e. The van der Waals surface area contributed by atoms with Gasteiger partial charge in [-0.15, -0.1) is 0 Å². The predicted octanol–water partition coefficient (Wildman–Crippen LogP) is 3.99. The van der Waals surface area contributed by atoms with Crippen LogP contribution in [0, 0.1) is 11.6 Å². The van der Waals surface area contributed by atoms with Crippen molar-refractivity contribution >= 4 is 43.5 Å². The van der Waals surface area contributed by atoms with Gasteiger partial charge in [0.25, 0.3) is 21.8 Å². The molecule has 1 atom stereocenters. The highest BCUT2D eigenvalue weighted by atomic mass is 79.9. The minimum absolute atomic E-state index is 0.0937. The first kappa shape index (κ1) is 24.2. The highest BCUT2D eigenvalue weighted by molar-refractivity contribution is 9.10. The Kier molecular flexibility index (Phi) is 5.95. The Morgan fingerprint density at radius 2 is 1.69 bits per heavy atom. The number of amides is 2. The number of fused-ring (bicyclic) bond motifs is 2. The molecule has 0 saturated carbocycles. The molecule has 0 radical (unpaired) electrons. The topological polar surface area (TPSA) is 93.2 Å². The third-order valence-electron chi connectivity index (χ3n) is 5.89. The number of sulfonamides is 1. The molecule has 2 amide bonds. The number of benzene rings is 3. The lowest BCUT2D eigenvalue weighted by Gasteiger charge is -2.36. The van der Waals surface area contributed by atoms with Crippen molar-refractivity contribution in [3.05, 3.63) is 81.8 Å². The van der Waals surface area contributed by atoms with Gasteiger partial charge in [-0.05, 0) is 36.4 Å². The minimum atomic E-state index is -4.37. The van der Waals surface area contributed by atoms with Gasteiger partial charge in [-0.1, -0.05) is 28.1 Å². The van der Waals surface area contributed by atoms with Gasteiger partial charge in [0, 0.05) is 10.5 Å². The van der Waals surface area contributed by atoms with Crippen LogP contribution in [0.1, 0.15) is 20.7 Å². The van der Waals surface area contributed by atoms with Crippen LogP contribution in [0.4, 0.5) is 14.5 Å². The van der Waals surface area contributed by atoms with Gasteiger partial charge in [-0.2, -0.15) is 0 Å². The lowest BCUT2D eigenvalue weighted by atomic mass is 10.1. The molecule has 0 fully saturated rings. The van der Waals surface area contributed by atoms with E-state index in [4.69, 9.17) is 9.47 Å². The fourth-order valence-corrected chi connectivity index (χ4v) is 6.12. The fourth-order valence-electron chi connectivity index (χ4n) is 4.19. The lowest BCUT2D eigenvalue weighted by Crippen LogP contribution is -2.49. The molecule has 36 heavy (non-hydrogen) atoms. The van der Waals surface area contributed by atoms with E-state index in [1.807, 2.05) is 0 Å². The summed E-state index contributed by atoms with van der Waals surface area (Å²) in [7, 11) is -3.18. The van der Waals surface area contributed by atoms with E-state index in [-0.39, 0.29) is 50.8 Å². The average molecular weight is 579 g/mol. The molecular formula is C24H17BrF2N2O6S. The zero-order valence-electron chi connectivity index (χ0n) is 18.6. The summed E-state index contributed by atoms with van der Waals surface area (Å²) >= 11 is 3.16. The monoisotopic (exact) mass is 578 g/mol. The number of halogens is 3. The first-order valence-corrected chi connectivity index (χ1v) is 12.8. The summed E-state index contributed by atoms with van der Waals surface area (Å²) in [6, 6.07) is 11.8. The van der Waals surface area contributed by atoms with E-state index >= 15 is 0 Å².